The quantitative estimate of drug-likeness (QED) is 0.281. The molecule has 0 saturated heterocycles. The summed E-state index contributed by atoms with van der Waals surface area (Å²) in [5.41, 5.74) is 6.93. The van der Waals surface area contributed by atoms with Crippen LogP contribution in [0.5, 0.6) is 5.75 Å². The third-order valence-corrected chi connectivity index (χ3v) is 6.10. The van der Waals surface area contributed by atoms with E-state index in [0.717, 1.165) is 27.8 Å². The molecule has 0 aliphatic heterocycles. The van der Waals surface area contributed by atoms with Gasteiger partial charge in [-0.3, -0.25) is 0 Å². The summed E-state index contributed by atoms with van der Waals surface area (Å²) in [5, 5.41) is 4.75. The number of hydrogen-bond donors (Lipinski definition) is 0. The maximum Gasteiger partial charge on any atom is 0.119 e. The molecular weight excluding hydrogens is 388 g/mol. The summed E-state index contributed by atoms with van der Waals surface area (Å²) in [6.07, 6.45) is 3.92. The van der Waals surface area contributed by atoms with Crippen LogP contribution in [0.1, 0.15) is 11.1 Å². The van der Waals surface area contributed by atoms with Crippen molar-refractivity contribution in [2.24, 2.45) is 0 Å². The fraction of sp³-hybridized carbons (Fsp3) is 0.0323. The molecule has 0 aromatic heterocycles. The van der Waals surface area contributed by atoms with Crippen LogP contribution in [0.2, 0.25) is 0 Å². The molecule has 0 radical (unpaired) electrons. The summed E-state index contributed by atoms with van der Waals surface area (Å²) in [4.78, 5) is 0. The van der Waals surface area contributed by atoms with Gasteiger partial charge < -0.3 is 4.74 Å². The lowest BCUT2D eigenvalue weighted by Gasteiger charge is -2.20. The van der Waals surface area contributed by atoms with E-state index in [1.54, 1.807) is 7.11 Å². The average Bonchev–Trinajstić information content (AvgIpc) is 2.86. The average molecular weight is 413 g/mol. The molecule has 0 aliphatic rings. The van der Waals surface area contributed by atoms with Gasteiger partial charge in [-0.15, -0.1) is 0 Å². The number of ether oxygens (including phenoxy) is 1. The first-order valence-corrected chi connectivity index (χ1v) is 10.7. The zero-order chi connectivity index (χ0) is 22.1. The van der Waals surface area contributed by atoms with Crippen molar-refractivity contribution >= 4 is 33.7 Å². The van der Waals surface area contributed by atoms with Crippen LogP contribution in [0, 0.1) is 0 Å². The van der Waals surface area contributed by atoms with E-state index in [4.69, 9.17) is 4.74 Å². The van der Waals surface area contributed by atoms with Gasteiger partial charge in [0.2, 0.25) is 0 Å². The van der Waals surface area contributed by atoms with Gasteiger partial charge in [-0.1, -0.05) is 98.1 Å². The van der Waals surface area contributed by atoms with Crippen LogP contribution >= 0.6 is 0 Å². The number of fused-ring (bicyclic) bond motifs is 2. The zero-order valence-electron chi connectivity index (χ0n) is 18.1. The Morgan fingerprint density at radius 1 is 0.594 bits per heavy atom. The Labute approximate surface area is 188 Å². The van der Waals surface area contributed by atoms with E-state index < -0.39 is 0 Å². The molecule has 0 bridgehead atoms. The van der Waals surface area contributed by atoms with Crippen molar-refractivity contribution in [3.63, 3.8) is 0 Å². The molecule has 1 heteroatoms. The molecule has 5 aromatic carbocycles. The topological polar surface area (TPSA) is 9.23 Å². The van der Waals surface area contributed by atoms with Crippen molar-refractivity contribution in [2.75, 3.05) is 7.11 Å². The molecule has 1 nitrogen and oxygen atoms in total. The van der Waals surface area contributed by atoms with Crippen molar-refractivity contribution in [3.05, 3.63) is 115 Å². The molecule has 0 spiro atoms. The highest BCUT2D eigenvalue weighted by atomic mass is 16.5. The highest BCUT2D eigenvalue weighted by Gasteiger charge is 2.18. The molecule has 5 rings (SSSR count). The molecular formula is C31H24O. The van der Waals surface area contributed by atoms with E-state index in [1.807, 2.05) is 24.3 Å². The number of methoxy groups -OCH3 is 1. The van der Waals surface area contributed by atoms with Gasteiger partial charge in [0, 0.05) is 0 Å². The van der Waals surface area contributed by atoms with Crippen LogP contribution in [0.25, 0.3) is 56.0 Å². The van der Waals surface area contributed by atoms with Crippen molar-refractivity contribution < 1.29 is 4.74 Å². The summed E-state index contributed by atoms with van der Waals surface area (Å²) in [5.74, 6) is 0.864. The van der Waals surface area contributed by atoms with Crippen LogP contribution < -0.4 is 4.74 Å². The first kappa shape index (κ1) is 19.8. The van der Waals surface area contributed by atoms with Gasteiger partial charge in [-0.2, -0.15) is 0 Å². The molecule has 5 aromatic rings. The van der Waals surface area contributed by atoms with E-state index in [9.17, 15) is 0 Å². The Balaban J connectivity index is 1.88. The van der Waals surface area contributed by atoms with E-state index in [0.29, 0.717) is 0 Å². The van der Waals surface area contributed by atoms with Gasteiger partial charge in [-0.05, 0) is 73.1 Å². The van der Waals surface area contributed by atoms with Gasteiger partial charge in [0.15, 0.2) is 0 Å². The van der Waals surface area contributed by atoms with E-state index in [-0.39, 0.29) is 0 Å². The molecule has 0 fully saturated rings. The Hall–Kier alpha value is -4.10. The summed E-state index contributed by atoms with van der Waals surface area (Å²) < 4.78 is 5.39. The Morgan fingerprint density at radius 2 is 1.16 bits per heavy atom. The largest absolute Gasteiger partial charge is 0.497 e. The third kappa shape index (κ3) is 3.19. The lowest BCUT2D eigenvalue weighted by Crippen LogP contribution is -1.96. The first-order chi connectivity index (χ1) is 15.7. The Morgan fingerprint density at radius 3 is 1.78 bits per heavy atom. The molecule has 154 valence electrons. The van der Waals surface area contributed by atoms with Crippen molar-refractivity contribution in [1.29, 1.82) is 0 Å². The minimum atomic E-state index is 0.864. The van der Waals surface area contributed by atoms with Crippen molar-refractivity contribution in [2.45, 2.75) is 0 Å². The van der Waals surface area contributed by atoms with Gasteiger partial charge >= 0.3 is 0 Å². The first-order valence-electron chi connectivity index (χ1n) is 10.7. The summed E-state index contributed by atoms with van der Waals surface area (Å²) in [6, 6.07) is 31.9. The fourth-order valence-electron chi connectivity index (χ4n) is 4.64. The van der Waals surface area contributed by atoms with E-state index in [2.05, 4.69) is 92.0 Å². The monoisotopic (exact) mass is 412 g/mol. The minimum Gasteiger partial charge on any atom is -0.497 e. The molecule has 0 N–H and O–H groups in total. The number of benzene rings is 5. The summed E-state index contributed by atoms with van der Waals surface area (Å²) in [7, 11) is 1.70. The van der Waals surface area contributed by atoms with Crippen LogP contribution in [-0.4, -0.2) is 7.11 Å². The predicted octanol–water partition coefficient (Wildman–Crippen LogP) is 8.62. The van der Waals surface area contributed by atoms with Gasteiger partial charge in [0.05, 0.1) is 7.11 Å². The highest BCUT2D eigenvalue weighted by Crippen LogP contribution is 2.43. The maximum atomic E-state index is 5.39. The van der Waals surface area contributed by atoms with E-state index in [1.165, 1.54) is 32.8 Å². The van der Waals surface area contributed by atoms with Crippen LogP contribution in [0.15, 0.2) is 104 Å². The summed E-state index contributed by atoms with van der Waals surface area (Å²) in [6.45, 7) is 8.36. The van der Waals surface area contributed by atoms with Crippen molar-refractivity contribution in [1.82, 2.24) is 0 Å². The molecule has 0 atom stereocenters. The van der Waals surface area contributed by atoms with E-state index >= 15 is 0 Å². The SMILES string of the molecule is C=Cc1c(C=C)c(-c2ccc3cc(OC)ccc3c2)c2ccccc2c1-c1ccccc1. The second-order valence-corrected chi connectivity index (χ2v) is 7.83. The lowest BCUT2D eigenvalue weighted by molar-refractivity contribution is 0.415. The van der Waals surface area contributed by atoms with Gasteiger partial charge in [0.25, 0.3) is 0 Å². The number of hydrogen-bond acceptors (Lipinski definition) is 1. The van der Waals surface area contributed by atoms with Crippen LogP contribution in [0.3, 0.4) is 0 Å². The second kappa shape index (κ2) is 8.20. The standard InChI is InChI=1S/C31H24O/c1-4-26-27(5-2)31(24-16-15-23-20-25(32-3)18-17-22(23)19-24)29-14-10-9-13-28(29)30(26)21-11-7-6-8-12-21/h4-20H,1-2H2,3H3. The highest BCUT2D eigenvalue weighted by molar-refractivity contribution is 6.12. The molecule has 0 heterocycles. The van der Waals surface area contributed by atoms with Crippen LogP contribution in [-0.2, 0) is 0 Å². The zero-order valence-corrected chi connectivity index (χ0v) is 18.1. The molecule has 0 unspecified atom stereocenters. The van der Waals surface area contributed by atoms with Crippen molar-refractivity contribution in [3.8, 4) is 28.0 Å². The molecule has 0 amide bonds. The Kier molecular flexibility index (Phi) is 5.09. The molecule has 0 aliphatic carbocycles. The maximum absolute atomic E-state index is 5.39. The molecule has 32 heavy (non-hydrogen) atoms. The minimum absolute atomic E-state index is 0.864. The Bertz CT molecular complexity index is 1480. The fourth-order valence-corrected chi connectivity index (χ4v) is 4.64. The third-order valence-electron chi connectivity index (χ3n) is 6.10. The summed E-state index contributed by atoms with van der Waals surface area (Å²) >= 11 is 0. The number of rotatable bonds is 5. The van der Waals surface area contributed by atoms with Gasteiger partial charge in [0.1, 0.15) is 5.75 Å². The second-order valence-electron chi connectivity index (χ2n) is 7.83. The normalized spacial score (nSPS) is 10.9. The molecule has 0 saturated carbocycles. The lowest BCUT2D eigenvalue weighted by atomic mass is 9.83. The smallest absolute Gasteiger partial charge is 0.119 e. The predicted molar refractivity (Wildman–Crippen MR) is 139 cm³/mol. The van der Waals surface area contributed by atoms with Crippen LogP contribution in [0.4, 0.5) is 0 Å². The van der Waals surface area contributed by atoms with Gasteiger partial charge in [-0.25, -0.2) is 0 Å².